The molecule has 2 fully saturated rings. The third-order valence-corrected chi connectivity index (χ3v) is 4.13. The van der Waals surface area contributed by atoms with Crippen molar-refractivity contribution in [1.82, 2.24) is 9.55 Å². The molecule has 3 rings (SSSR count). The largest absolute Gasteiger partial charge is 0.388 e. The number of aromatic nitrogens is 2. The van der Waals surface area contributed by atoms with Gasteiger partial charge in [-0.3, -0.25) is 4.57 Å². The molecule has 0 unspecified atom stereocenters. The second kappa shape index (κ2) is 3.80. The van der Waals surface area contributed by atoms with Gasteiger partial charge in [0.2, 0.25) is 0 Å². The van der Waals surface area contributed by atoms with Gasteiger partial charge in [-0.15, -0.1) is 0 Å². The maximum Gasteiger partial charge on any atom is 0.351 e. The van der Waals surface area contributed by atoms with Gasteiger partial charge in [0.1, 0.15) is 11.9 Å². The fourth-order valence-electron chi connectivity index (χ4n) is 2.95. The number of rotatable bonds is 2. The summed E-state index contributed by atoms with van der Waals surface area (Å²) in [6.45, 7) is 2.03. The van der Waals surface area contributed by atoms with Crippen LogP contribution in [0.1, 0.15) is 32.4 Å². The van der Waals surface area contributed by atoms with Gasteiger partial charge < -0.3 is 15.6 Å². The second-order valence-electron chi connectivity index (χ2n) is 5.14. The van der Waals surface area contributed by atoms with Crippen molar-refractivity contribution in [3.8, 4) is 0 Å². The molecule has 0 aromatic carbocycles. The minimum atomic E-state index is -0.648. The lowest BCUT2D eigenvalue weighted by Gasteiger charge is -2.18. The van der Waals surface area contributed by atoms with E-state index in [1.807, 2.05) is 6.92 Å². The van der Waals surface area contributed by atoms with E-state index in [0.717, 1.165) is 19.3 Å². The number of aliphatic hydroxyl groups excluding tert-OH is 1. The Labute approximate surface area is 104 Å². The molecule has 1 aliphatic heterocycles. The standard InChI is InChI=1S/C12H17N3O3/c1-2-7-12(4-5-12)9(16)10(18-7)15-6-3-8(13)14-11(15)17/h3,6-7,9-10,16H,2,4-5H2,1H3,(H2,13,14,17)/t7-,9+,10-/m1/s1. The Kier molecular flexibility index (Phi) is 2.46. The molecule has 6 nitrogen and oxygen atoms in total. The minimum absolute atomic E-state index is 0.0157. The lowest BCUT2D eigenvalue weighted by molar-refractivity contribution is -0.0403. The average molecular weight is 251 g/mol. The van der Waals surface area contributed by atoms with Crippen LogP contribution in [-0.4, -0.2) is 26.9 Å². The molecule has 1 saturated carbocycles. The number of nitrogens with two attached hydrogens (primary N) is 1. The first-order valence-corrected chi connectivity index (χ1v) is 6.26. The molecular formula is C12H17N3O3. The first-order chi connectivity index (χ1) is 8.58. The number of ether oxygens (including phenoxy) is 1. The summed E-state index contributed by atoms with van der Waals surface area (Å²) in [4.78, 5) is 15.4. The zero-order valence-corrected chi connectivity index (χ0v) is 10.2. The van der Waals surface area contributed by atoms with Crippen LogP contribution in [-0.2, 0) is 4.74 Å². The number of hydrogen-bond donors (Lipinski definition) is 2. The van der Waals surface area contributed by atoms with Crippen molar-refractivity contribution in [2.24, 2.45) is 5.41 Å². The smallest absolute Gasteiger partial charge is 0.351 e. The number of anilines is 1. The van der Waals surface area contributed by atoms with Gasteiger partial charge in [-0.25, -0.2) is 4.79 Å². The van der Waals surface area contributed by atoms with E-state index in [2.05, 4.69) is 4.98 Å². The summed E-state index contributed by atoms with van der Waals surface area (Å²) in [5.74, 6) is 0.178. The fraction of sp³-hybridized carbons (Fsp3) is 0.667. The van der Waals surface area contributed by atoms with Gasteiger partial charge in [0.15, 0.2) is 6.23 Å². The highest BCUT2D eigenvalue weighted by atomic mass is 16.5. The average Bonchev–Trinajstić information content (AvgIpc) is 3.07. The molecule has 18 heavy (non-hydrogen) atoms. The molecule has 1 spiro atoms. The van der Waals surface area contributed by atoms with Crippen molar-refractivity contribution in [3.05, 3.63) is 22.7 Å². The highest BCUT2D eigenvalue weighted by molar-refractivity contribution is 5.24. The van der Waals surface area contributed by atoms with Crippen molar-refractivity contribution in [3.63, 3.8) is 0 Å². The van der Waals surface area contributed by atoms with E-state index in [1.165, 1.54) is 16.8 Å². The van der Waals surface area contributed by atoms with Crippen molar-refractivity contribution in [2.45, 2.75) is 44.6 Å². The summed E-state index contributed by atoms with van der Waals surface area (Å²) in [5.41, 5.74) is 4.82. The van der Waals surface area contributed by atoms with Crippen LogP contribution in [0, 0.1) is 5.41 Å². The van der Waals surface area contributed by atoms with Gasteiger partial charge in [-0.1, -0.05) is 6.92 Å². The Bertz CT molecular complexity index is 524. The summed E-state index contributed by atoms with van der Waals surface area (Å²) >= 11 is 0. The van der Waals surface area contributed by atoms with Gasteiger partial charge >= 0.3 is 5.69 Å². The van der Waals surface area contributed by atoms with Gasteiger partial charge in [0.25, 0.3) is 0 Å². The van der Waals surface area contributed by atoms with Crippen molar-refractivity contribution >= 4 is 5.82 Å². The van der Waals surface area contributed by atoms with E-state index < -0.39 is 18.0 Å². The summed E-state index contributed by atoms with van der Waals surface area (Å²) in [6.07, 6.45) is 3.02. The lowest BCUT2D eigenvalue weighted by atomic mass is 9.93. The molecule has 0 radical (unpaired) electrons. The molecule has 1 saturated heterocycles. The maximum absolute atomic E-state index is 11.8. The normalized spacial score (nSPS) is 32.9. The molecule has 2 heterocycles. The van der Waals surface area contributed by atoms with Crippen LogP contribution >= 0.6 is 0 Å². The Balaban J connectivity index is 1.96. The molecule has 1 aliphatic carbocycles. The summed E-state index contributed by atoms with van der Waals surface area (Å²) in [7, 11) is 0. The molecule has 3 atom stereocenters. The number of aliphatic hydroxyl groups is 1. The van der Waals surface area contributed by atoms with E-state index in [1.54, 1.807) is 0 Å². The quantitative estimate of drug-likeness (QED) is 0.787. The highest BCUT2D eigenvalue weighted by Gasteiger charge is 2.63. The Hall–Kier alpha value is -1.40. The monoisotopic (exact) mass is 251 g/mol. The van der Waals surface area contributed by atoms with E-state index in [0.29, 0.717) is 0 Å². The van der Waals surface area contributed by atoms with Crippen molar-refractivity contribution < 1.29 is 9.84 Å². The molecule has 98 valence electrons. The third kappa shape index (κ3) is 1.49. The van der Waals surface area contributed by atoms with E-state index in [9.17, 15) is 9.90 Å². The summed E-state index contributed by atoms with van der Waals surface area (Å²) in [5, 5.41) is 10.4. The van der Waals surface area contributed by atoms with Crippen LogP contribution in [0.15, 0.2) is 17.1 Å². The Morgan fingerprint density at radius 1 is 1.67 bits per heavy atom. The molecule has 6 heteroatoms. The number of nitrogen functional groups attached to an aromatic ring is 1. The number of hydrogen-bond acceptors (Lipinski definition) is 5. The zero-order chi connectivity index (χ0) is 12.9. The minimum Gasteiger partial charge on any atom is -0.388 e. The third-order valence-electron chi connectivity index (χ3n) is 4.13. The topological polar surface area (TPSA) is 90.4 Å². The Morgan fingerprint density at radius 2 is 2.39 bits per heavy atom. The van der Waals surface area contributed by atoms with Crippen LogP contribution in [0.3, 0.4) is 0 Å². The molecule has 3 N–H and O–H groups in total. The zero-order valence-electron chi connectivity index (χ0n) is 10.2. The SMILES string of the molecule is CC[C@H]1O[C@@H](n2ccc(N)nc2=O)[C@H](O)C12CC2. The fourth-order valence-corrected chi connectivity index (χ4v) is 2.95. The summed E-state index contributed by atoms with van der Waals surface area (Å²) in [6, 6.07) is 1.54. The highest BCUT2D eigenvalue weighted by Crippen LogP contribution is 2.60. The van der Waals surface area contributed by atoms with Crippen LogP contribution in [0.5, 0.6) is 0 Å². The molecule has 2 aliphatic rings. The van der Waals surface area contributed by atoms with Crippen molar-refractivity contribution in [1.29, 1.82) is 0 Å². The maximum atomic E-state index is 11.8. The predicted octanol–water partition coefficient (Wildman–Crippen LogP) is 0.274. The molecule has 0 bridgehead atoms. The van der Waals surface area contributed by atoms with E-state index in [4.69, 9.17) is 10.5 Å². The molecule has 1 aromatic rings. The first-order valence-electron chi connectivity index (χ1n) is 6.26. The van der Waals surface area contributed by atoms with Gasteiger partial charge in [-0.05, 0) is 25.3 Å². The number of nitrogens with zero attached hydrogens (tertiary/aromatic N) is 2. The summed E-state index contributed by atoms with van der Waals surface area (Å²) < 4.78 is 7.17. The first kappa shape index (κ1) is 11.7. The van der Waals surface area contributed by atoms with Crippen LogP contribution in [0.4, 0.5) is 5.82 Å². The van der Waals surface area contributed by atoms with Gasteiger partial charge in [-0.2, -0.15) is 4.98 Å². The Morgan fingerprint density at radius 3 is 2.89 bits per heavy atom. The van der Waals surface area contributed by atoms with Gasteiger partial charge in [0.05, 0.1) is 6.10 Å². The second-order valence-corrected chi connectivity index (χ2v) is 5.14. The molecular weight excluding hydrogens is 234 g/mol. The van der Waals surface area contributed by atoms with Gasteiger partial charge in [0, 0.05) is 11.6 Å². The van der Waals surface area contributed by atoms with E-state index >= 15 is 0 Å². The predicted molar refractivity (Wildman–Crippen MR) is 64.8 cm³/mol. The van der Waals surface area contributed by atoms with E-state index in [-0.39, 0.29) is 17.3 Å². The van der Waals surface area contributed by atoms with Crippen LogP contribution in [0.25, 0.3) is 0 Å². The molecule has 1 aromatic heterocycles. The van der Waals surface area contributed by atoms with Crippen LogP contribution < -0.4 is 11.4 Å². The lowest BCUT2D eigenvalue weighted by Crippen LogP contribution is -2.34. The van der Waals surface area contributed by atoms with Crippen molar-refractivity contribution in [2.75, 3.05) is 5.73 Å². The van der Waals surface area contributed by atoms with Crippen LogP contribution in [0.2, 0.25) is 0 Å². The molecule has 0 amide bonds.